The Kier molecular flexibility index (Phi) is 3.53. The molecule has 0 unspecified atom stereocenters. The lowest BCUT2D eigenvalue weighted by Crippen LogP contribution is -2.06. The molecular weight excluding hydrogens is 324 g/mol. The van der Waals surface area contributed by atoms with Crippen molar-refractivity contribution < 1.29 is 14.6 Å². The molecule has 0 bridgehead atoms. The smallest absolute Gasteiger partial charge is 0.331 e. The zero-order valence-electron chi connectivity index (χ0n) is 13.3. The molecule has 4 rings (SSSR count). The van der Waals surface area contributed by atoms with Crippen molar-refractivity contribution in [1.29, 1.82) is 0 Å². The summed E-state index contributed by atoms with van der Waals surface area (Å²) in [6, 6.07) is 9.08. The summed E-state index contributed by atoms with van der Waals surface area (Å²) in [5.41, 5.74) is 6.97. The van der Waals surface area contributed by atoms with E-state index in [1.807, 2.05) is 24.3 Å². The van der Waals surface area contributed by atoms with Gasteiger partial charge >= 0.3 is 11.2 Å². The van der Waals surface area contributed by atoms with Gasteiger partial charge in [-0.3, -0.25) is 4.79 Å². The Morgan fingerprint density at radius 3 is 2.92 bits per heavy atom. The van der Waals surface area contributed by atoms with Crippen molar-refractivity contribution in [1.82, 2.24) is 20.2 Å². The van der Waals surface area contributed by atoms with Crippen LogP contribution < -0.4 is 15.4 Å². The maximum absolute atomic E-state index is 11.0. The zero-order valence-corrected chi connectivity index (χ0v) is 13.3. The molecule has 0 saturated heterocycles. The largest absolute Gasteiger partial charge is 0.497 e. The normalized spacial score (nSPS) is 12.2. The summed E-state index contributed by atoms with van der Waals surface area (Å²) in [6.45, 7) is 0. The molecule has 2 N–H and O–H groups in total. The average molecular weight is 338 g/mol. The summed E-state index contributed by atoms with van der Waals surface area (Å²) >= 11 is 0. The Morgan fingerprint density at radius 1 is 1.28 bits per heavy atom. The van der Waals surface area contributed by atoms with Crippen molar-refractivity contribution in [2.75, 3.05) is 12.5 Å². The first-order valence-electron chi connectivity index (χ1n) is 7.61. The van der Waals surface area contributed by atoms with Crippen molar-refractivity contribution in [3.63, 3.8) is 0 Å². The quantitative estimate of drug-likeness (QED) is 0.737. The Balaban J connectivity index is 1.84. The number of rotatable bonds is 5. The number of aliphatic carboxylic acids is 1. The second kappa shape index (κ2) is 5.86. The van der Waals surface area contributed by atoms with Crippen molar-refractivity contribution in [2.24, 2.45) is 5.11 Å². The van der Waals surface area contributed by atoms with E-state index in [1.165, 1.54) is 4.80 Å². The number of aromatic nitrogens is 3. The Hall–Kier alpha value is -3.49. The predicted molar refractivity (Wildman–Crippen MR) is 89.2 cm³/mol. The third kappa shape index (κ3) is 2.65. The van der Waals surface area contributed by atoms with E-state index in [2.05, 4.69) is 26.0 Å². The molecule has 0 saturated carbocycles. The monoisotopic (exact) mass is 338 g/mol. The van der Waals surface area contributed by atoms with Crippen LogP contribution in [0, 0.1) is 0 Å². The van der Waals surface area contributed by atoms with Crippen molar-refractivity contribution in [3.8, 4) is 11.4 Å². The number of carbonyl (C=O) groups is 1. The third-order valence-electron chi connectivity index (χ3n) is 3.97. The van der Waals surface area contributed by atoms with Crippen molar-refractivity contribution in [3.05, 3.63) is 35.9 Å². The lowest BCUT2D eigenvalue weighted by atomic mass is 10.0. The van der Waals surface area contributed by atoms with Gasteiger partial charge in [0.05, 0.1) is 12.8 Å². The number of hydrogen-bond donors (Lipinski definition) is 2. The van der Waals surface area contributed by atoms with Gasteiger partial charge in [0, 0.05) is 18.1 Å². The summed E-state index contributed by atoms with van der Waals surface area (Å²) in [5, 5.41) is 25.9. The van der Waals surface area contributed by atoms with Crippen LogP contribution in [-0.4, -0.2) is 33.2 Å². The number of methoxy groups -OCH3 is 1. The molecule has 9 heteroatoms. The van der Waals surface area contributed by atoms with Crippen LogP contribution in [0.15, 0.2) is 35.4 Å². The molecule has 2 aromatic carbocycles. The van der Waals surface area contributed by atoms with E-state index >= 15 is 0 Å². The molecule has 0 fully saturated rings. The molecule has 1 aliphatic rings. The van der Waals surface area contributed by atoms with E-state index in [1.54, 1.807) is 13.2 Å². The van der Waals surface area contributed by atoms with E-state index in [0.717, 1.165) is 11.3 Å². The van der Waals surface area contributed by atoms with Crippen LogP contribution in [0.4, 0.5) is 11.4 Å². The van der Waals surface area contributed by atoms with Gasteiger partial charge < -0.3 is 9.84 Å². The minimum absolute atomic E-state index is 0.0203. The number of anilines is 1. The maximum Gasteiger partial charge on any atom is 0.331 e. The molecule has 1 aromatic heterocycles. The fourth-order valence-corrected chi connectivity index (χ4v) is 2.75. The topological polar surface area (TPSA) is 116 Å². The minimum atomic E-state index is -0.880. The third-order valence-corrected chi connectivity index (χ3v) is 3.97. The molecule has 125 valence electrons. The van der Waals surface area contributed by atoms with Crippen LogP contribution in [0.3, 0.4) is 0 Å². The van der Waals surface area contributed by atoms with Crippen LogP contribution in [-0.2, 0) is 11.2 Å². The van der Waals surface area contributed by atoms with Crippen LogP contribution in [0.5, 0.6) is 5.75 Å². The number of nitrogens with one attached hydrogen (secondary N) is 1. The molecule has 0 amide bonds. The van der Waals surface area contributed by atoms with Crippen molar-refractivity contribution >= 4 is 28.4 Å². The first kappa shape index (κ1) is 15.1. The number of carboxylic acid groups (broad SMARTS) is 1. The standard InChI is InChI=1S/C16H14N6O3/c1-25-9-2-4-11-13(8-9)20-22(19-11)14-6-5-12-16(18-21-17-12)10(14)3-7-15(23)24/h2,4-6,8H,3,7H2,1H3,(H,17,18)(H,23,24)/q+1. The second-order valence-electron chi connectivity index (χ2n) is 5.51. The van der Waals surface area contributed by atoms with Gasteiger partial charge in [-0.15, -0.1) is 10.2 Å². The van der Waals surface area contributed by atoms with Crippen LogP contribution in [0.1, 0.15) is 12.0 Å². The highest BCUT2D eigenvalue weighted by Gasteiger charge is 2.25. The second-order valence-corrected chi connectivity index (χ2v) is 5.51. The highest BCUT2D eigenvalue weighted by molar-refractivity contribution is 5.78. The molecule has 0 aliphatic carbocycles. The van der Waals surface area contributed by atoms with Crippen LogP contribution in [0.2, 0.25) is 0 Å². The predicted octanol–water partition coefficient (Wildman–Crippen LogP) is 2.21. The number of hydrogen-bond acceptors (Lipinski definition) is 7. The number of fused-ring (bicyclic) bond motifs is 2. The highest BCUT2D eigenvalue weighted by Crippen LogP contribution is 2.36. The van der Waals surface area contributed by atoms with Gasteiger partial charge in [-0.1, -0.05) is 5.43 Å². The number of ether oxygens (including phenoxy) is 1. The molecule has 9 nitrogen and oxygen atoms in total. The molecular formula is C16H14N6O3+. The number of carboxylic acids is 1. The fraction of sp³-hybridized carbons (Fsp3) is 0.188. The molecule has 25 heavy (non-hydrogen) atoms. The Labute approximate surface area is 141 Å². The number of benzene rings is 2. The number of nitrogens with zero attached hydrogens (tertiary/aromatic N) is 5. The lowest BCUT2D eigenvalue weighted by molar-refractivity contribution is -0.136. The summed E-state index contributed by atoms with van der Waals surface area (Å²) in [7, 11) is 1.59. The van der Waals surface area contributed by atoms with Gasteiger partial charge in [0.2, 0.25) is 0 Å². The first-order chi connectivity index (χ1) is 12.2. The Morgan fingerprint density at radius 2 is 2.12 bits per heavy atom. The van der Waals surface area contributed by atoms with Gasteiger partial charge in [-0.25, -0.2) is 0 Å². The van der Waals surface area contributed by atoms with E-state index in [-0.39, 0.29) is 6.42 Å². The molecule has 3 aromatic rings. The first-order valence-corrected chi connectivity index (χ1v) is 7.61. The summed E-state index contributed by atoms with van der Waals surface area (Å²) in [5.74, 6) is -0.188. The molecule has 1 radical (unpaired) electrons. The van der Waals surface area contributed by atoms with Crippen LogP contribution in [0.25, 0.3) is 16.7 Å². The van der Waals surface area contributed by atoms with E-state index in [0.29, 0.717) is 34.6 Å². The van der Waals surface area contributed by atoms with E-state index in [4.69, 9.17) is 9.84 Å². The molecule has 0 atom stereocenters. The van der Waals surface area contributed by atoms with Gasteiger partial charge in [-0.05, 0) is 30.7 Å². The van der Waals surface area contributed by atoms with Crippen molar-refractivity contribution in [2.45, 2.75) is 12.8 Å². The van der Waals surface area contributed by atoms with Gasteiger partial charge in [0.25, 0.3) is 0 Å². The zero-order chi connectivity index (χ0) is 17.4. The van der Waals surface area contributed by atoms with Gasteiger partial charge in [0.1, 0.15) is 27.6 Å². The molecule has 2 heterocycles. The van der Waals surface area contributed by atoms with Gasteiger partial charge in [0.15, 0.2) is 5.69 Å². The molecule has 0 spiro atoms. The van der Waals surface area contributed by atoms with Gasteiger partial charge in [-0.2, -0.15) is 4.80 Å². The minimum Gasteiger partial charge on any atom is -0.497 e. The molecule has 1 aliphatic heterocycles. The summed E-state index contributed by atoms with van der Waals surface area (Å²) in [4.78, 5) is 12.5. The fourth-order valence-electron chi connectivity index (χ4n) is 2.75. The van der Waals surface area contributed by atoms with Crippen LogP contribution >= 0.6 is 0 Å². The van der Waals surface area contributed by atoms with E-state index in [9.17, 15) is 4.79 Å². The highest BCUT2D eigenvalue weighted by atomic mass is 16.5. The Bertz CT molecular complexity index is 1010. The summed E-state index contributed by atoms with van der Waals surface area (Å²) < 4.78 is 5.21. The van der Waals surface area contributed by atoms with E-state index < -0.39 is 5.97 Å². The SMILES string of the molecule is COc1ccc2nn(-c3ccc4c(c3CCC(=O)O)N=[N+]N4)nc2c1. The maximum atomic E-state index is 11.0. The lowest BCUT2D eigenvalue weighted by Gasteiger charge is -2.08. The average Bonchev–Trinajstić information content (AvgIpc) is 3.24. The summed E-state index contributed by atoms with van der Waals surface area (Å²) in [6.07, 6.45) is 0.281.